The first-order valence-electron chi connectivity index (χ1n) is 11.1. The molecular weight excluding hydrogens is 492 g/mol. The third-order valence-electron chi connectivity index (χ3n) is 4.72. The lowest BCUT2D eigenvalue weighted by Crippen LogP contribution is -2.24. The summed E-state index contributed by atoms with van der Waals surface area (Å²) in [6.45, 7) is 7.40. The minimum absolute atomic E-state index is 0.0658. The second-order valence-electron chi connectivity index (χ2n) is 7.81. The van der Waals surface area contributed by atoms with E-state index in [1.54, 1.807) is 20.0 Å². The molecule has 0 radical (unpaired) electrons. The van der Waals surface area contributed by atoms with Gasteiger partial charge < -0.3 is 25.2 Å². The SMILES string of the molecule is CC(C)O.CCOCc1cnc(Cl)nc1Oc1cnc2c(ccc3sc4c(c32)NCCNC4=O)n1. The molecule has 0 saturated carbocycles. The average Bonchev–Trinajstić information content (AvgIpc) is 3.10. The topological polar surface area (TPSA) is 131 Å². The number of halogens is 1. The number of aliphatic hydroxyl groups is 1. The summed E-state index contributed by atoms with van der Waals surface area (Å²) in [5, 5.41) is 15.2. The number of fused-ring (bicyclic) bond motifs is 5. The molecule has 0 fully saturated rings. The van der Waals surface area contributed by atoms with Gasteiger partial charge in [0.25, 0.3) is 5.91 Å². The number of nitrogens with one attached hydrogen (secondary N) is 2. The molecule has 35 heavy (non-hydrogen) atoms. The molecule has 0 atom stereocenters. The first-order chi connectivity index (χ1) is 16.9. The van der Waals surface area contributed by atoms with Gasteiger partial charge in [-0.25, -0.2) is 15.0 Å². The van der Waals surface area contributed by atoms with Crippen molar-refractivity contribution in [2.75, 3.05) is 25.0 Å². The van der Waals surface area contributed by atoms with Gasteiger partial charge in [0, 0.05) is 42.1 Å². The summed E-state index contributed by atoms with van der Waals surface area (Å²) in [7, 11) is 0. The summed E-state index contributed by atoms with van der Waals surface area (Å²) >= 11 is 7.37. The maximum atomic E-state index is 12.4. The number of carbonyl (C=O) groups is 1. The zero-order chi connectivity index (χ0) is 24.9. The van der Waals surface area contributed by atoms with E-state index in [2.05, 4.69) is 30.6 Å². The van der Waals surface area contributed by atoms with Crippen molar-refractivity contribution >= 4 is 55.7 Å². The summed E-state index contributed by atoms with van der Waals surface area (Å²) in [4.78, 5) is 30.3. The molecule has 1 aliphatic rings. The van der Waals surface area contributed by atoms with Crippen molar-refractivity contribution < 1.29 is 19.4 Å². The zero-order valence-corrected chi connectivity index (χ0v) is 21.0. The lowest BCUT2D eigenvalue weighted by molar-refractivity contribution is 0.0962. The highest BCUT2D eigenvalue weighted by Crippen LogP contribution is 2.40. The molecule has 1 amide bonds. The van der Waals surface area contributed by atoms with E-state index in [1.165, 1.54) is 17.5 Å². The number of aliphatic hydroxyl groups excluding tert-OH is 1. The molecule has 0 aliphatic carbocycles. The molecule has 3 N–H and O–H groups in total. The molecular formula is C23H25ClN6O4S. The number of hydrogen-bond acceptors (Lipinski definition) is 10. The van der Waals surface area contributed by atoms with Crippen molar-refractivity contribution in [3.05, 3.63) is 40.3 Å². The molecule has 0 saturated heterocycles. The Morgan fingerprint density at radius 2 is 1.94 bits per heavy atom. The van der Waals surface area contributed by atoms with Crippen LogP contribution in [0, 0.1) is 0 Å². The normalized spacial score (nSPS) is 13.0. The molecule has 4 heterocycles. The Bertz CT molecular complexity index is 1360. The molecule has 184 valence electrons. The van der Waals surface area contributed by atoms with Gasteiger partial charge in [-0.15, -0.1) is 11.3 Å². The van der Waals surface area contributed by atoms with Crippen molar-refractivity contribution in [2.24, 2.45) is 0 Å². The van der Waals surface area contributed by atoms with Crippen LogP contribution in [0.3, 0.4) is 0 Å². The van der Waals surface area contributed by atoms with Gasteiger partial charge in [0.1, 0.15) is 4.88 Å². The molecule has 12 heteroatoms. The third-order valence-corrected chi connectivity index (χ3v) is 6.05. The van der Waals surface area contributed by atoms with E-state index in [9.17, 15) is 4.79 Å². The second-order valence-corrected chi connectivity index (χ2v) is 9.20. The van der Waals surface area contributed by atoms with Crippen LogP contribution in [0.4, 0.5) is 5.69 Å². The number of hydrogen-bond donors (Lipinski definition) is 3. The first kappa shape index (κ1) is 25.0. The fraction of sp³-hybridized carbons (Fsp3) is 0.348. The van der Waals surface area contributed by atoms with Gasteiger partial charge in [0.05, 0.1) is 35.1 Å². The Balaban J connectivity index is 0.000000672. The van der Waals surface area contributed by atoms with Gasteiger partial charge in [0.15, 0.2) is 0 Å². The Morgan fingerprint density at radius 1 is 1.17 bits per heavy atom. The second kappa shape index (κ2) is 11.1. The van der Waals surface area contributed by atoms with E-state index >= 15 is 0 Å². The molecule has 0 spiro atoms. The fourth-order valence-electron chi connectivity index (χ4n) is 3.34. The first-order valence-corrected chi connectivity index (χ1v) is 12.3. The predicted molar refractivity (Wildman–Crippen MR) is 136 cm³/mol. The number of rotatable bonds is 5. The maximum absolute atomic E-state index is 12.4. The highest BCUT2D eigenvalue weighted by molar-refractivity contribution is 7.21. The number of anilines is 1. The highest BCUT2D eigenvalue weighted by Gasteiger charge is 2.23. The molecule has 10 nitrogen and oxygen atoms in total. The number of thiophene rings is 1. The number of ether oxygens (including phenoxy) is 2. The van der Waals surface area contributed by atoms with Gasteiger partial charge in [-0.2, -0.15) is 4.98 Å². The van der Waals surface area contributed by atoms with Gasteiger partial charge in [0.2, 0.25) is 17.0 Å². The summed E-state index contributed by atoms with van der Waals surface area (Å²) in [5.41, 5.74) is 2.79. The van der Waals surface area contributed by atoms with Crippen LogP contribution in [0.2, 0.25) is 5.28 Å². The monoisotopic (exact) mass is 516 g/mol. The minimum Gasteiger partial charge on any atom is -0.418 e. The maximum Gasteiger partial charge on any atom is 0.263 e. The van der Waals surface area contributed by atoms with Gasteiger partial charge >= 0.3 is 0 Å². The number of amides is 1. The van der Waals surface area contributed by atoms with Gasteiger partial charge in [-0.3, -0.25) is 4.79 Å². The van der Waals surface area contributed by atoms with Crippen LogP contribution in [-0.2, 0) is 11.3 Å². The smallest absolute Gasteiger partial charge is 0.263 e. The Morgan fingerprint density at radius 3 is 2.71 bits per heavy atom. The van der Waals surface area contributed by atoms with Crippen molar-refractivity contribution in [1.29, 1.82) is 0 Å². The Labute approximate surface area is 210 Å². The van der Waals surface area contributed by atoms with Crippen molar-refractivity contribution in [2.45, 2.75) is 33.5 Å². The van der Waals surface area contributed by atoms with E-state index in [4.69, 9.17) is 26.2 Å². The van der Waals surface area contributed by atoms with Crippen LogP contribution >= 0.6 is 22.9 Å². The number of aromatic nitrogens is 4. The highest BCUT2D eigenvalue weighted by atomic mass is 35.5. The Kier molecular flexibility index (Phi) is 7.91. The molecule has 0 unspecified atom stereocenters. The molecule has 5 rings (SSSR count). The molecule has 1 aliphatic heterocycles. The molecule has 0 bridgehead atoms. The lowest BCUT2D eigenvalue weighted by atomic mass is 10.1. The number of benzene rings is 1. The summed E-state index contributed by atoms with van der Waals surface area (Å²) in [6.07, 6.45) is 2.93. The van der Waals surface area contributed by atoms with E-state index < -0.39 is 0 Å². The minimum atomic E-state index is -0.167. The van der Waals surface area contributed by atoms with E-state index in [-0.39, 0.29) is 29.1 Å². The van der Waals surface area contributed by atoms with Crippen molar-refractivity contribution in [3.8, 4) is 11.8 Å². The van der Waals surface area contributed by atoms with Crippen LogP contribution in [0.25, 0.3) is 21.1 Å². The standard InChI is InChI=1S/C20H17ClN6O3S.C3H8O/c1-2-29-9-10-7-25-20(21)27-19(10)30-13-8-24-15-11(26-13)3-4-12-14(15)16-17(31-12)18(28)23-6-5-22-16;1-3(2)4/h3-4,7-8,22H,2,5-6,9H2,1H3,(H,23,28);3-4H,1-2H3. The van der Waals surface area contributed by atoms with Gasteiger partial charge in [-0.05, 0) is 44.5 Å². The van der Waals surface area contributed by atoms with Gasteiger partial charge in [-0.1, -0.05) is 0 Å². The molecule has 1 aromatic carbocycles. The fourth-order valence-corrected chi connectivity index (χ4v) is 4.57. The van der Waals surface area contributed by atoms with E-state index in [0.29, 0.717) is 47.8 Å². The van der Waals surface area contributed by atoms with Crippen molar-refractivity contribution in [1.82, 2.24) is 25.3 Å². The Hall–Kier alpha value is -3.12. The van der Waals surface area contributed by atoms with Crippen LogP contribution in [0.15, 0.2) is 24.5 Å². The third kappa shape index (κ3) is 5.76. The molecule has 3 aromatic heterocycles. The lowest BCUT2D eigenvalue weighted by Gasteiger charge is -2.10. The summed E-state index contributed by atoms with van der Waals surface area (Å²) in [6, 6.07) is 3.80. The predicted octanol–water partition coefficient (Wildman–Crippen LogP) is 4.16. The summed E-state index contributed by atoms with van der Waals surface area (Å²) < 4.78 is 12.3. The average molecular weight is 517 g/mol. The van der Waals surface area contributed by atoms with Crippen LogP contribution in [0.1, 0.15) is 36.0 Å². The van der Waals surface area contributed by atoms with E-state index in [0.717, 1.165) is 15.8 Å². The summed E-state index contributed by atoms with van der Waals surface area (Å²) in [5.74, 6) is 0.460. The number of carbonyl (C=O) groups excluding carboxylic acids is 1. The van der Waals surface area contributed by atoms with Crippen LogP contribution in [0.5, 0.6) is 11.8 Å². The largest absolute Gasteiger partial charge is 0.418 e. The van der Waals surface area contributed by atoms with Crippen LogP contribution < -0.4 is 15.4 Å². The van der Waals surface area contributed by atoms with Crippen molar-refractivity contribution in [3.63, 3.8) is 0 Å². The quantitative estimate of drug-likeness (QED) is 0.334. The molecule has 4 aromatic rings. The van der Waals surface area contributed by atoms with E-state index in [1.807, 2.05) is 19.1 Å². The van der Waals surface area contributed by atoms with Crippen LogP contribution in [-0.4, -0.2) is 56.7 Å². The number of nitrogens with zero attached hydrogens (tertiary/aromatic N) is 4. The zero-order valence-electron chi connectivity index (χ0n) is 19.5.